The van der Waals surface area contributed by atoms with Gasteiger partial charge in [0.1, 0.15) is 10.9 Å². The molecule has 102 valence electrons. The topological polar surface area (TPSA) is 35.0 Å². The largest absolute Gasteiger partial charge is 0.473 e. The molecule has 1 aliphatic rings. The van der Waals surface area contributed by atoms with Crippen LogP contribution in [0.2, 0.25) is 5.28 Å². The first-order valence-corrected chi connectivity index (χ1v) is 8.11. The van der Waals surface area contributed by atoms with Crippen LogP contribution in [0.3, 0.4) is 0 Å². The van der Waals surface area contributed by atoms with Gasteiger partial charge in [0.05, 0.1) is 5.39 Å². The Bertz CT molecular complexity index is 572. The molecule has 0 saturated heterocycles. The number of aromatic nitrogens is 2. The normalized spacial score (nSPS) is 23.7. The molecule has 0 radical (unpaired) electrons. The molecule has 0 N–H and O–H groups in total. The van der Waals surface area contributed by atoms with Gasteiger partial charge in [-0.3, -0.25) is 0 Å². The Hall–Kier alpha value is -0.870. The van der Waals surface area contributed by atoms with E-state index in [2.05, 4.69) is 16.9 Å². The number of hydrogen-bond acceptors (Lipinski definition) is 4. The molecule has 19 heavy (non-hydrogen) atoms. The maximum atomic E-state index is 6.18. The zero-order valence-corrected chi connectivity index (χ0v) is 12.5. The summed E-state index contributed by atoms with van der Waals surface area (Å²) in [6.07, 6.45) is 6.37. The first-order valence-electron chi connectivity index (χ1n) is 6.85. The van der Waals surface area contributed by atoms with Crippen LogP contribution in [0.1, 0.15) is 39.0 Å². The minimum Gasteiger partial charge on any atom is -0.473 e. The summed E-state index contributed by atoms with van der Waals surface area (Å²) in [5, 5.41) is 3.25. The first kappa shape index (κ1) is 13.1. The molecule has 0 bridgehead atoms. The molecule has 1 saturated carbocycles. The predicted molar refractivity (Wildman–Crippen MR) is 79.1 cm³/mol. The van der Waals surface area contributed by atoms with Gasteiger partial charge >= 0.3 is 0 Å². The van der Waals surface area contributed by atoms with Gasteiger partial charge < -0.3 is 4.74 Å². The predicted octanol–water partition coefficient (Wildman–Crippen LogP) is 4.69. The van der Waals surface area contributed by atoms with Gasteiger partial charge in [-0.15, -0.1) is 11.3 Å². The van der Waals surface area contributed by atoms with Crippen LogP contribution in [-0.4, -0.2) is 16.1 Å². The highest BCUT2D eigenvalue weighted by molar-refractivity contribution is 7.16. The molecule has 1 fully saturated rings. The fourth-order valence-electron chi connectivity index (χ4n) is 2.83. The quantitative estimate of drug-likeness (QED) is 0.771. The summed E-state index contributed by atoms with van der Waals surface area (Å²) in [6, 6.07) is 2.01. The number of fused-ring (bicyclic) bond motifs is 1. The molecule has 0 spiro atoms. The van der Waals surface area contributed by atoms with Crippen LogP contribution in [0.5, 0.6) is 5.88 Å². The van der Waals surface area contributed by atoms with E-state index < -0.39 is 0 Å². The van der Waals surface area contributed by atoms with Crippen molar-refractivity contribution in [2.45, 2.75) is 45.1 Å². The smallest absolute Gasteiger partial charge is 0.227 e. The van der Waals surface area contributed by atoms with E-state index in [0.717, 1.165) is 23.1 Å². The van der Waals surface area contributed by atoms with Gasteiger partial charge in [-0.1, -0.05) is 13.3 Å². The minimum atomic E-state index is 0.271. The average molecular weight is 297 g/mol. The van der Waals surface area contributed by atoms with Crippen LogP contribution in [0.4, 0.5) is 0 Å². The lowest BCUT2D eigenvalue weighted by atomic mass is 9.85. The lowest BCUT2D eigenvalue weighted by Crippen LogP contribution is -2.30. The highest BCUT2D eigenvalue weighted by atomic mass is 35.5. The first-order chi connectivity index (χ1) is 9.28. The van der Waals surface area contributed by atoms with Crippen molar-refractivity contribution in [3.63, 3.8) is 0 Å². The lowest BCUT2D eigenvalue weighted by molar-refractivity contribution is 0.0874. The fraction of sp³-hybridized carbons (Fsp3) is 0.571. The molecule has 0 amide bonds. The van der Waals surface area contributed by atoms with Crippen molar-refractivity contribution in [2.24, 2.45) is 5.92 Å². The monoisotopic (exact) mass is 296 g/mol. The second-order valence-corrected chi connectivity index (χ2v) is 6.28. The van der Waals surface area contributed by atoms with Crippen LogP contribution >= 0.6 is 22.9 Å². The minimum absolute atomic E-state index is 0.271. The fourth-order valence-corrected chi connectivity index (χ4v) is 3.80. The van der Waals surface area contributed by atoms with E-state index >= 15 is 0 Å². The maximum absolute atomic E-state index is 6.18. The summed E-state index contributed by atoms with van der Waals surface area (Å²) in [5.41, 5.74) is 0. The lowest BCUT2D eigenvalue weighted by Gasteiger charge is -2.30. The Morgan fingerprint density at radius 2 is 2.21 bits per heavy atom. The Balaban J connectivity index is 1.89. The molecule has 3 rings (SSSR count). The van der Waals surface area contributed by atoms with Crippen LogP contribution in [0.15, 0.2) is 11.4 Å². The van der Waals surface area contributed by atoms with Gasteiger partial charge in [-0.25, -0.2) is 4.98 Å². The van der Waals surface area contributed by atoms with Crippen LogP contribution in [0.25, 0.3) is 10.2 Å². The number of hydrogen-bond donors (Lipinski definition) is 0. The summed E-state index contributed by atoms with van der Waals surface area (Å²) in [7, 11) is 0. The Labute approximate surface area is 122 Å². The van der Waals surface area contributed by atoms with Gasteiger partial charge in [0.15, 0.2) is 0 Å². The Kier molecular flexibility index (Phi) is 3.89. The third kappa shape index (κ3) is 2.70. The van der Waals surface area contributed by atoms with Gasteiger partial charge in [0, 0.05) is 0 Å². The van der Waals surface area contributed by atoms with Crippen molar-refractivity contribution in [2.75, 3.05) is 0 Å². The number of ether oxygens (including phenoxy) is 1. The summed E-state index contributed by atoms with van der Waals surface area (Å²) in [5.74, 6) is 1.29. The summed E-state index contributed by atoms with van der Waals surface area (Å²) < 4.78 is 6.18. The molecule has 2 unspecified atom stereocenters. The molecule has 2 atom stereocenters. The second-order valence-electron chi connectivity index (χ2n) is 5.05. The molecular weight excluding hydrogens is 280 g/mol. The summed E-state index contributed by atoms with van der Waals surface area (Å²) in [6.45, 7) is 2.24. The average Bonchev–Trinajstić information content (AvgIpc) is 2.87. The van der Waals surface area contributed by atoms with Crippen molar-refractivity contribution >= 4 is 33.2 Å². The van der Waals surface area contributed by atoms with Crippen molar-refractivity contribution in [1.29, 1.82) is 0 Å². The standard InChI is InChI=1S/C14H17ClN2OS/c1-2-9-5-3-4-6-11(9)18-12-10-7-8-19-13(10)17-14(15)16-12/h7-9,11H,2-6H2,1H3. The van der Waals surface area contributed by atoms with Crippen molar-refractivity contribution in [3.8, 4) is 5.88 Å². The van der Waals surface area contributed by atoms with Gasteiger partial charge in [-0.05, 0) is 54.6 Å². The van der Waals surface area contributed by atoms with E-state index in [0.29, 0.717) is 11.8 Å². The summed E-state index contributed by atoms with van der Waals surface area (Å²) in [4.78, 5) is 9.40. The molecule has 3 nitrogen and oxygen atoms in total. The zero-order chi connectivity index (χ0) is 13.2. The molecule has 0 aliphatic heterocycles. The van der Waals surface area contributed by atoms with Crippen molar-refractivity contribution in [3.05, 3.63) is 16.7 Å². The van der Waals surface area contributed by atoms with Gasteiger partial charge in [0.25, 0.3) is 0 Å². The number of nitrogens with zero attached hydrogens (tertiary/aromatic N) is 2. The van der Waals surface area contributed by atoms with Crippen LogP contribution < -0.4 is 4.74 Å². The van der Waals surface area contributed by atoms with Gasteiger partial charge in [0.2, 0.25) is 11.2 Å². The third-order valence-electron chi connectivity index (χ3n) is 3.89. The Morgan fingerprint density at radius 3 is 3.05 bits per heavy atom. The van der Waals surface area contributed by atoms with Gasteiger partial charge in [-0.2, -0.15) is 4.98 Å². The highest BCUT2D eigenvalue weighted by Gasteiger charge is 2.26. The van der Waals surface area contributed by atoms with E-state index in [-0.39, 0.29) is 11.4 Å². The molecular formula is C14H17ClN2OS. The SMILES string of the molecule is CCC1CCCCC1Oc1nc(Cl)nc2sccc12. The van der Waals surface area contributed by atoms with E-state index in [9.17, 15) is 0 Å². The highest BCUT2D eigenvalue weighted by Crippen LogP contribution is 2.34. The van der Waals surface area contributed by atoms with Crippen molar-refractivity contribution in [1.82, 2.24) is 9.97 Å². The number of thiophene rings is 1. The van der Waals surface area contributed by atoms with E-state index in [1.165, 1.54) is 19.3 Å². The zero-order valence-electron chi connectivity index (χ0n) is 10.9. The van der Waals surface area contributed by atoms with E-state index in [4.69, 9.17) is 16.3 Å². The van der Waals surface area contributed by atoms with Crippen molar-refractivity contribution < 1.29 is 4.74 Å². The third-order valence-corrected chi connectivity index (χ3v) is 4.87. The number of rotatable bonds is 3. The summed E-state index contributed by atoms with van der Waals surface area (Å²) >= 11 is 7.54. The molecule has 2 aromatic heterocycles. The second kappa shape index (κ2) is 5.63. The molecule has 0 aromatic carbocycles. The Morgan fingerprint density at radius 1 is 1.37 bits per heavy atom. The van der Waals surface area contributed by atoms with Crippen LogP contribution in [0, 0.1) is 5.92 Å². The van der Waals surface area contributed by atoms with E-state index in [1.54, 1.807) is 11.3 Å². The molecule has 2 heterocycles. The molecule has 2 aromatic rings. The maximum Gasteiger partial charge on any atom is 0.227 e. The molecule has 1 aliphatic carbocycles. The van der Waals surface area contributed by atoms with E-state index in [1.807, 2.05) is 11.4 Å². The number of halogens is 1. The van der Waals surface area contributed by atoms with Crippen LogP contribution in [-0.2, 0) is 0 Å². The molecule has 5 heteroatoms.